The first-order chi connectivity index (χ1) is 9.84. The van der Waals surface area contributed by atoms with Crippen LogP contribution >= 0.6 is 11.6 Å². The maximum Gasteiger partial charge on any atom is 0.179 e. The summed E-state index contributed by atoms with van der Waals surface area (Å²) in [6, 6.07) is 6.99. The molecule has 1 aromatic carbocycles. The lowest BCUT2D eigenvalue weighted by atomic mass is 9.80. The van der Waals surface area contributed by atoms with E-state index in [1.807, 2.05) is 12.1 Å². The van der Waals surface area contributed by atoms with Gasteiger partial charge >= 0.3 is 0 Å². The normalized spacial score (nSPS) is 30.9. The Balaban J connectivity index is 1.97. The van der Waals surface area contributed by atoms with Crippen molar-refractivity contribution in [1.82, 2.24) is 0 Å². The molecule has 0 aromatic heterocycles. The molecule has 0 spiro atoms. The Kier molecular flexibility index (Phi) is 3.83. The smallest absolute Gasteiger partial charge is 0.179 e. The van der Waals surface area contributed by atoms with Gasteiger partial charge in [0, 0.05) is 11.8 Å². The Morgan fingerprint density at radius 3 is 2.48 bits per heavy atom. The quantitative estimate of drug-likeness (QED) is 0.782. The first kappa shape index (κ1) is 15.3. The summed E-state index contributed by atoms with van der Waals surface area (Å²) in [6.07, 6.45) is 0.582. The Bertz CT molecular complexity index is 755. The fourth-order valence-corrected chi connectivity index (χ4v) is 7.87. The number of halogens is 1. The van der Waals surface area contributed by atoms with E-state index < -0.39 is 19.7 Å². The van der Waals surface area contributed by atoms with Gasteiger partial charge in [-0.3, -0.25) is 0 Å². The van der Waals surface area contributed by atoms with Crippen molar-refractivity contribution in [3.05, 3.63) is 29.8 Å². The summed E-state index contributed by atoms with van der Waals surface area (Å²) in [5, 5.41) is 0. The first-order valence-electron chi connectivity index (χ1n) is 6.92. The van der Waals surface area contributed by atoms with Crippen molar-refractivity contribution >= 4 is 31.3 Å². The van der Waals surface area contributed by atoms with Crippen molar-refractivity contribution in [2.45, 2.75) is 17.2 Å². The van der Waals surface area contributed by atoms with Crippen molar-refractivity contribution in [3.8, 4) is 0 Å². The molecular weight excluding hydrogens is 332 g/mol. The summed E-state index contributed by atoms with van der Waals surface area (Å²) in [4.78, 5) is 0.381. The van der Waals surface area contributed by atoms with Crippen molar-refractivity contribution < 1.29 is 16.8 Å². The van der Waals surface area contributed by atoms with E-state index in [1.165, 1.54) is 0 Å². The summed E-state index contributed by atoms with van der Waals surface area (Å²) in [5.41, 5.74) is 0.799. The van der Waals surface area contributed by atoms with Gasteiger partial charge in [0.25, 0.3) is 0 Å². The van der Waals surface area contributed by atoms with E-state index in [-0.39, 0.29) is 40.9 Å². The van der Waals surface area contributed by atoms with Crippen LogP contribution in [0, 0.1) is 11.8 Å². The van der Waals surface area contributed by atoms with Crippen LogP contribution in [-0.4, -0.2) is 40.0 Å². The molecule has 0 bridgehead atoms. The van der Waals surface area contributed by atoms with E-state index in [9.17, 15) is 16.8 Å². The van der Waals surface area contributed by atoms with E-state index in [1.54, 1.807) is 12.1 Å². The van der Waals surface area contributed by atoms with Gasteiger partial charge in [0.15, 0.2) is 19.7 Å². The zero-order valence-corrected chi connectivity index (χ0v) is 13.8. The van der Waals surface area contributed by atoms with Gasteiger partial charge in [-0.1, -0.05) is 18.2 Å². The highest BCUT2D eigenvalue weighted by Crippen LogP contribution is 2.44. The number of fused-ring (bicyclic) bond motifs is 1. The van der Waals surface area contributed by atoms with Crippen LogP contribution in [0.5, 0.6) is 0 Å². The molecule has 0 N–H and O–H groups in total. The highest BCUT2D eigenvalue weighted by molar-refractivity contribution is 7.92. The maximum absolute atomic E-state index is 12.3. The Morgan fingerprint density at radius 1 is 1.14 bits per heavy atom. The highest BCUT2D eigenvalue weighted by Gasteiger charge is 2.44. The van der Waals surface area contributed by atoms with Gasteiger partial charge in [-0.15, -0.1) is 11.6 Å². The second-order valence-corrected chi connectivity index (χ2v) is 10.4. The molecule has 1 fully saturated rings. The lowest BCUT2D eigenvalue weighted by molar-refractivity contribution is 0.351. The Morgan fingerprint density at radius 2 is 1.86 bits per heavy atom. The van der Waals surface area contributed by atoms with Gasteiger partial charge in [-0.25, -0.2) is 16.8 Å². The molecular formula is C14H17ClO4S2. The van der Waals surface area contributed by atoms with E-state index in [0.29, 0.717) is 11.3 Å². The highest BCUT2D eigenvalue weighted by atomic mass is 35.5. The lowest BCUT2D eigenvalue weighted by Gasteiger charge is -2.26. The van der Waals surface area contributed by atoms with Gasteiger partial charge in [0.2, 0.25) is 0 Å². The molecule has 1 saturated heterocycles. The zero-order chi connectivity index (χ0) is 15.3. The third-order valence-corrected chi connectivity index (χ3v) is 8.61. The Hall–Kier alpha value is -0.590. The van der Waals surface area contributed by atoms with Gasteiger partial charge in [-0.05, 0) is 29.9 Å². The number of hydrogen-bond acceptors (Lipinski definition) is 4. The fraction of sp³-hybridized carbons (Fsp3) is 0.571. The lowest BCUT2D eigenvalue weighted by Crippen LogP contribution is -2.26. The molecule has 3 atom stereocenters. The molecule has 1 aromatic rings. The second-order valence-electron chi connectivity index (χ2n) is 5.91. The van der Waals surface area contributed by atoms with Crippen LogP contribution in [0.2, 0.25) is 0 Å². The van der Waals surface area contributed by atoms with Gasteiger partial charge < -0.3 is 0 Å². The molecule has 0 aliphatic carbocycles. The van der Waals surface area contributed by atoms with Crippen LogP contribution in [0.15, 0.2) is 29.2 Å². The fourth-order valence-electron chi connectivity index (χ4n) is 3.56. The number of alkyl halides is 1. The van der Waals surface area contributed by atoms with Gasteiger partial charge in [-0.2, -0.15) is 0 Å². The maximum atomic E-state index is 12.3. The summed E-state index contributed by atoms with van der Waals surface area (Å²) < 4.78 is 47.9. The van der Waals surface area contributed by atoms with Gasteiger partial charge in [0.05, 0.1) is 22.2 Å². The molecule has 2 heterocycles. The standard InChI is InChI=1S/C14H17ClO4S2/c15-7-12(10-5-6-20(16,17)8-10)13-9-21(18,19)14-4-2-1-3-11(13)14/h1-4,10,12-13H,5-9H2. The van der Waals surface area contributed by atoms with Crippen LogP contribution in [0.25, 0.3) is 0 Å². The average molecular weight is 349 g/mol. The van der Waals surface area contributed by atoms with E-state index >= 15 is 0 Å². The monoisotopic (exact) mass is 348 g/mol. The minimum absolute atomic E-state index is 0.0419. The van der Waals surface area contributed by atoms with E-state index in [2.05, 4.69) is 0 Å². The minimum Gasteiger partial charge on any atom is -0.229 e. The van der Waals surface area contributed by atoms with Crippen LogP contribution in [0.1, 0.15) is 17.9 Å². The predicted molar refractivity (Wildman–Crippen MR) is 82.2 cm³/mol. The molecule has 2 aliphatic rings. The third kappa shape index (κ3) is 2.73. The molecule has 3 rings (SSSR count). The molecule has 21 heavy (non-hydrogen) atoms. The third-order valence-electron chi connectivity index (χ3n) is 4.62. The largest absolute Gasteiger partial charge is 0.229 e. The summed E-state index contributed by atoms with van der Waals surface area (Å²) in [6.45, 7) is 0. The predicted octanol–water partition coefficient (Wildman–Crippen LogP) is 1.85. The van der Waals surface area contributed by atoms with Crippen LogP contribution in [0.4, 0.5) is 0 Å². The van der Waals surface area contributed by atoms with Crippen molar-refractivity contribution in [2.75, 3.05) is 23.1 Å². The van der Waals surface area contributed by atoms with Crippen LogP contribution in [0.3, 0.4) is 0 Å². The van der Waals surface area contributed by atoms with Crippen LogP contribution in [-0.2, 0) is 19.7 Å². The van der Waals surface area contributed by atoms with E-state index in [0.717, 1.165) is 5.56 Å². The molecule has 0 radical (unpaired) electrons. The SMILES string of the molecule is O=S1(=O)CCC(C(CCl)C2CS(=O)(=O)c3ccccc32)C1. The summed E-state index contributed by atoms with van der Waals surface area (Å²) in [7, 11) is -6.27. The first-order valence-corrected chi connectivity index (χ1v) is 10.9. The molecule has 7 heteroatoms. The number of benzene rings is 1. The molecule has 0 amide bonds. The number of rotatable bonds is 3. The molecule has 0 saturated carbocycles. The Labute approximate surface area is 130 Å². The summed E-state index contributed by atoms with van der Waals surface area (Å²) >= 11 is 6.09. The van der Waals surface area contributed by atoms with Crippen molar-refractivity contribution in [3.63, 3.8) is 0 Å². The molecule has 116 valence electrons. The van der Waals surface area contributed by atoms with Crippen molar-refractivity contribution in [2.24, 2.45) is 11.8 Å². The molecule has 4 nitrogen and oxygen atoms in total. The van der Waals surface area contributed by atoms with Crippen LogP contribution < -0.4 is 0 Å². The van der Waals surface area contributed by atoms with Crippen molar-refractivity contribution in [1.29, 1.82) is 0 Å². The number of sulfone groups is 2. The minimum atomic E-state index is -3.28. The zero-order valence-electron chi connectivity index (χ0n) is 11.4. The molecule has 3 unspecified atom stereocenters. The average Bonchev–Trinajstić information content (AvgIpc) is 2.90. The molecule has 2 aliphatic heterocycles. The van der Waals surface area contributed by atoms with E-state index in [4.69, 9.17) is 11.6 Å². The number of hydrogen-bond donors (Lipinski definition) is 0. The van der Waals surface area contributed by atoms with Gasteiger partial charge in [0.1, 0.15) is 0 Å². The topological polar surface area (TPSA) is 68.3 Å². The summed E-state index contributed by atoms with van der Waals surface area (Å²) in [5.74, 6) is 0.299. The second kappa shape index (κ2) is 5.25.